The Balaban J connectivity index is 2.44. The highest BCUT2D eigenvalue weighted by molar-refractivity contribution is 7.98. The standard InChI is InChI=1S/C11H14S/c1-12-11-8-4-6-9-5-2-3-7-10(9)11/h4,6,8H,2-3,5,7H2,1H3. The van der Waals surface area contributed by atoms with Crippen LogP contribution in [0.5, 0.6) is 0 Å². The summed E-state index contributed by atoms with van der Waals surface area (Å²) < 4.78 is 0. The fraction of sp³-hybridized carbons (Fsp3) is 0.455. The topological polar surface area (TPSA) is 0 Å². The molecule has 0 nitrogen and oxygen atoms in total. The summed E-state index contributed by atoms with van der Waals surface area (Å²) in [6.45, 7) is 0. The Morgan fingerprint density at radius 2 is 2.00 bits per heavy atom. The first-order chi connectivity index (χ1) is 5.92. The predicted octanol–water partition coefficient (Wildman–Crippen LogP) is 3.29. The first-order valence-corrected chi connectivity index (χ1v) is 5.79. The van der Waals surface area contributed by atoms with Crippen molar-refractivity contribution in [1.82, 2.24) is 0 Å². The molecule has 0 radical (unpaired) electrons. The second-order valence-electron chi connectivity index (χ2n) is 3.31. The maximum Gasteiger partial charge on any atom is 0.0104 e. The first kappa shape index (κ1) is 8.18. The molecule has 1 heteroatoms. The number of thioether (sulfide) groups is 1. The summed E-state index contributed by atoms with van der Waals surface area (Å²) >= 11 is 1.88. The third kappa shape index (κ3) is 1.38. The third-order valence-electron chi connectivity index (χ3n) is 2.57. The minimum absolute atomic E-state index is 1.30. The molecule has 0 heterocycles. The lowest BCUT2D eigenvalue weighted by atomic mass is 9.92. The van der Waals surface area contributed by atoms with Crippen molar-refractivity contribution in [3.05, 3.63) is 29.3 Å². The molecule has 0 amide bonds. The molecule has 0 saturated heterocycles. The average molecular weight is 178 g/mol. The second kappa shape index (κ2) is 3.53. The van der Waals surface area contributed by atoms with Crippen molar-refractivity contribution in [3.8, 4) is 0 Å². The van der Waals surface area contributed by atoms with Gasteiger partial charge in [-0.25, -0.2) is 0 Å². The van der Waals surface area contributed by atoms with Gasteiger partial charge < -0.3 is 0 Å². The molecular weight excluding hydrogens is 164 g/mol. The number of benzene rings is 1. The summed E-state index contributed by atoms with van der Waals surface area (Å²) in [5.74, 6) is 0. The smallest absolute Gasteiger partial charge is 0.0104 e. The normalized spacial score (nSPS) is 15.8. The minimum Gasteiger partial charge on any atom is -0.129 e. The molecule has 1 aliphatic carbocycles. The molecule has 0 aromatic heterocycles. The number of hydrogen-bond acceptors (Lipinski definition) is 1. The van der Waals surface area contributed by atoms with E-state index in [1.807, 2.05) is 11.8 Å². The van der Waals surface area contributed by atoms with Crippen molar-refractivity contribution >= 4 is 11.8 Å². The number of hydrogen-bond donors (Lipinski definition) is 0. The molecule has 2 rings (SSSR count). The molecule has 0 spiro atoms. The molecule has 1 aromatic rings. The van der Waals surface area contributed by atoms with E-state index in [4.69, 9.17) is 0 Å². The van der Waals surface area contributed by atoms with Gasteiger partial charge in [0.15, 0.2) is 0 Å². The van der Waals surface area contributed by atoms with Crippen LogP contribution in [-0.4, -0.2) is 6.26 Å². The molecule has 0 bridgehead atoms. The van der Waals surface area contributed by atoms with Crippen molar-refractivity contribution in [3.63, 3.8) is 0 Å². The van der Waals surface area contributed by atoms with Gasteiger partial charge in [-0.15, -0.1) is 11.8 Å². The monoisotopic (exact) mass is 178 g/mol. The summed E-state index contributed by atoms with van der Waals surface area (Å²) in [6, 6.07) is 6.72. The highest BCUT2D eigenvalue weighted by atomic mass is 32.2. The summed E-state index contributed by atoms with van der Waals surface area (Å²) in [6.07, 6.45) is 7.52. The summed E-state index contributed by atoms with van der Waals surface area (Å²) in [4.78, 5) is 1.49. The Morgan fingerprint density at radius 1 is 1.17 bits per heavy atom. The molecule has 0 atom stereocenters. The van der Waals surface area contributed by atoms with Crippen LogP contribution in [-0.2, 0) is 12.8 Å². The predicted molar refractivity (Wildman–Crippen MR) is 54.9 cm³/mol. The Labute approximate surface area is 78.4 Å². The van der Waals surface area contributed by atoms with Crippen LogP contribution < -0.4 is 0 Å². The number of aryl methyl sites for hydroxylation is 1. The second-order valence-corrected chi connectivity index (χ2v) is 4.15. The molecular formula is C11H14S. The van der Waals surface area contributed by atoms with Gasteiger partial charge in [0.05, 0.1) is 0 Å². The zero-order valence-corrected chi connectivity index (χ0v) is 8.29. The average Bonchev–Trinajstić information content (AvgIpc) is 2.17. The van der Waals surface area contributed by atoms with E-state index in [1.165, 1.54) is 30.6 Å². The molecule has 1 aliphatic rings. The van der Waals surface area contributed by atoms with Crippen LogP contribution in [0.4, 0.5) is 0 Å². The zero-order valence-electron chi connectivity index (χ0n) is 7.47. The van der Waals surface area contributed by atoms with Crippen molar-refractivity contribution < 1.29 is 0 Å². The van der Waals surface area contributed by atoms with Gasteiger partial charge in [0, 0.05) is 4.90 Å². The highest BCUT2D eigenvalue weighted by Crippen LogP contribution is 2.29. The van der Waals surface area contributed by atoms with Crippen LogP contribution in [0.25, 0.3) is 0 Å². The van der Waals surface area contributed by atoms with Crippen molar-refractivity contribution in [2.45, 2.75) is 30.6 Å². The molecule has 12 heavy (non-hydrogen) atoms. The molecule has 0 fully saturated rings. The van der Waals surface area contributed by atoms with E-state index in [-0.39, 0.29) is 0 Å². The van der Waals surface area contributed by atoms with Crippen LogP contribution in [0.3, 0.4) is 0 Å². The molecule has 0 unspecified atom stereocenters. The third-order valence-corrected chi connectivity index (χ3v) is 3.40. The largest absolute Gasteiger partial charge is 0.129 e. The fourth-order valence-electron chi connectivity index (χ4n) is 1.94. The van der Waals surface area contributed by atoms with Gasteiger partial charge in [-0.1, -0.05) is 12.1 Å². The molecule has 1 aromatic carbocycles. The van der Waals surface area contributed by atoms with Crippen LogP contribution in [0.2, 0.25) is 0 Å². The molecule has 64 valence electrons. The van der Waals surface area contributed by atoms with Crippen molar-refractivity contribution in [2.24, 2.45) is 0 Å². The lowest BCUT2D eigenvalue weighted by Crippen LogP contribution is -2.03. The zero-order chi connectivity index (χ0) is 8.39. The summed E-state index contributed by atoms with van der Waals surface area (Å²) in [7, 11) is 0. The fourth-order valence-corrected chi connectivity index (χ4v) is 2.63. The highest BCUT2D eigenvalue weighted by Gasteiger charge is 2.11. The van der Waals surface area contributed by atoms with E-state index in [2.05, 4.69) is 24.5 Å². The Kier molecular flexibility index (Phi) is 2.40. The van der Waals surface area contributed by atoms with Gasteiger partial charge in [-0.3, -0.25) is 0 Å². The molecule has 0 saturated carbocycles. The lowest BCUT2D eigenvalue weighted by molar-refractivity contribution is 0.676. The van der Waals surface area contributed by atoms with E-state index in [0.717, 1.165) is 0 Å². The maximum atomic E-state index is 2.29. The Morgan fingerprint density at radius 3 is 2.83 bits per heavy atom. The SMILES string of the molecule is CSc1cccc2c1CCCC2. The van der Waals surface area contributed by atoms with Crippen LogP contribution in [0.1, 0.15) is 24.0 Å². The van der Waals surface area contributed by atoms with Crippen molar-refractivity contribution in [2.75, 3.05) is 6.26 Å². The van der Waals surface area contributed by atoms with Crippen LogP contribution in [0.15, 0.2) is 23.1 Å². The van der Waals surface area contributed by atoms with Crippen LogP contribution >= 0.6 is 11.8 Å². The van der Waals surface area contributed by atoms with E-state index in [0.29, 0.717) is 0 Å². The van der Waals surface area contributed by atoms with E-state index in [1.54, 1.807) is 11.1 Å². The summed E-state index contributed by atoms with van der Waals surface area (Å²) in [5.41, 5.74) is 3.21. The van der Waals surface area contributed by atoms with E-state index >= 15 is 0 Å². The lowest BCUT2D eigenvalue weighted by Gasteiger charge is -2.17. The Bertz CT molecular complexity index is 264. The van der Waals surface area contributed by atoms with E-state index < -0.39 is 0 Å². The molecule has 0 N–H and O–H groups in total. The summed E-state index contributed by atoms with van der Waals surface area (Å²) in [5, 5.41) is 0. The van der Waals surface area contributed by atoms with E-state index in [9.17, 15) is 0 Å². The van der Waals surface area contributed by atoms with Gasteiger partial charge in [0.2, 0.25) is 0 Å². The van der Waals surface area contributed by atoms with Gasteiger partial charge >= 0.3 is 0 Å². The van der Waals surface area contributed by atoms with Crippen LogP contribution in [0, 0.1) is 0 Å². The van der Waals surface area contributed by atoms with Gasteiger partial charge in [0.1, 0.15) is 0 Å². The van der Waals surface area contributed by atoms with Gasteiger partial charge in [-0.2, -0.15) is 0 Å². The number of fused-ring (bicyclic) bond motifs is 1. The first-order valence-electron chi connectivity index (χ1n) is 4.56. The van der Waals surface area contributed by atoms with Gasteiger partial charge in [-0.05, 0) is 49.1 Å². The molecule has 0 aliphatic heterocycles. The minimum atomic E-state index is 1.30. The quantitative estimate of drug-likeness (QED) is 0.595. The number of rotatable bonds is 1. The maximum absolute atomic E-state index is 2.29. The van der Waals surface area contributed by atoms with Crippen molar-refractivity contribution in [1.29, 1.82) is 0 Å². The van der Waals surface area contributed by atoms with Gasteiger partial charge in [0.25, 0.3) is 0 Å². The Hall–Kier alpha value is -0.430.